The minimum Gasteiger partial charge on any atom is -0.378 e. The molecule has 2 rings (SSSR count). The Morgan fingerprint density at radius 1 is 1.00 bits per heavy atom. The van der Waals surface area contributed by atoms with E-state index in [-0.39, 0.29) is 5.54 Å². The molecule has 1 saturated heterocycles. The predicted molar refractivity (Wildman–Crippen MR) is 53.8 cm³/mol. The molecule has 0 aromatic rings. The summed E-state index contributed by atoms with van der Waals surface area (Å²) in [7, 11) is 0. The fourth-order valence-electron chi connectivity index (χ4n) is 2.79. The number of hydrogen-bond acceptors (Lipinski definition) is 2. The second-order valence-corrected chi connectivity index (χ2v) is 5.34. The van der Waals surface area contributed by atoms with Gasteiger partial charge in [0.2, 0.25) is 0 Å². The summed E-state index contributed by atoms with van der Waals surface area (Å²) < 4.78 is 5.72. The Bertz CT molecular complexity index is 177. The van der Waals surface area contributed by atoms with E-state index in [0.29, 0.717) is 5.54 Å². The Labute approximate surface area is 81.0 Å². The van der Waals surface area contributed by atoms with E-state index in [1.54, 1.807) is 0 Å². The SMILES string of the molecule is CC1(C)COCC2(CCCCC2)N1. The molecule has 0 unspecified atom stereocenters. The molecule has 0 atom stereocenters. The molecule has 0 aromatic heterocycles. The highest BCUT2D eigenvalue weighted by molar-refractivity contribution is 4.99. The minimum absolute atomic E-state index is 0.176. The third-order valence-electron chi connectivity index (χ3n) is 3.26. The first-order valence-corrected chi connectivity index (χ1v) is 5.49. The van der Waals surface area contributed by atoms with Gasteiger partial charge in [-0.25, -0.2) is 0 Å². The zero-order valence-corrected chi connectivity index (χ0v) is 8.86. The van der Waals surface area contributed by atoms with Crippen LogP contribution >= 0.6 is 0 Å². The Morgan fingerprint density at radius 2 is 1.69 bits per heavy atom. The van der Waals surface area contributed by atoms with E-state index in [1.807, 2.05) is 0 Å². The first-order valence-electron chi connectivity index (χ1n) is 5.49. The molecule has 1 N–H and O–H groups in total. The first kappa shape index (κ1) is 9.47. The van der Waals surface area contributed by atoms with E-state index >= 15 is 0 Å². The number of nitrogens with one attached hydrogen (secondary N) is 1. The van der Waals surface area contributed by atoms with Crippen molar-refractivity contribution in [2.75, 3.05) is 13.2 Å². The third kappa shape index (κ3) is 2.05. The van der Waals surface area contributed by atoms with Crippen molar-refractivity contribution in [3.05, 3.63) is 0 Å². The topological polar surface area (TPSA) is 21.3 Å². The second-order valence-electron chi connectivity index (χ2n) is 5.34. The van der Waals surface area contributed by atoms with Gasteiger partial charge in [-0.1, -0.05) is 19.3 Å². The Kier molecular flexibility index (Phi) is 2.37. The fraction of sp³-hybridized carbons (Fsp3) is 1.00. The lowest BCUT2D eigenvalue weighted by atomic mass is 9.79. The van der Waals surface area contributed by atoms with Crippen LogP contribution in [0.3, 0.4) is 0 Å². The lowest BCUT2D eigenvalue weighted by molar-refractivity contribution is -0.0447. The summed E-state index contributed by atoms with van der Waals surface area (Å²) in [6.07, 6.45) is 6.75. The highest BCUT2D eigenvalue weighted by Crippen LogP contribution is 2.32. The smallest absolute Gasteiger partial charge is 0.0649 e. The number of hydrogen-bond donors (Lipinski definition) is 1. The van der Waals surface area contributed by atoms with Crippen molar-refractivity contribution in [1.29, 1.82) is 0 Å². The number of ether oxygens (including phenoxy) is 1. The normalized spacial score (nSPS) is 31.8. The molecule has 1 spiro atoms. The molecule has 2 nitrogen and oxygen atoms in total. The molecule has 2 aliphatic rings. The molecule has 2 fully saturated rings. The van der Waals surface area contributed by atoms with Gasteiger partial charge in [0, 0.05) is 11.1 Å². The van der Waals surface area contributed by atoms with Crippen LogP contribution < -0.4 is 5.32 Å². The molecular formula is C11H21NO. The largest absolute Gasteiger partial charge is 0.378 e. The van der Waals surface area contributed by atoms with Crippen LogP contribution in [0.15, 0.2) is 0 Å². The number of morpholine rings is 1. The van der Waals surface area contributed by atoms with Crippen molar-refractivity contribution in [1.82, 2.24) is 5.32 Å². The molecule has 13 heavy (non-hydrogen) atoms. The van der Waals surface area contributed by atoms with Crippen molar-refractivity contribution >= 4 is 0 Å². The van der Waals surface area contributed by atoms with Crippen LogP contribution in [0.2, 0.25) is 0 Å². The van der Waals surface area contributed by atoms with Crippen molar-refractivity contribution in [3.63, 3.8) is 0 Å². The fourth-order valence-corrected chi connectivity index (χ4v) is 2.79. The summed E-state index contributed by atoms with van der Waals surface area (Å²) in [5.74, 6) is 0. The van der Waals surface area contributed by atoms with Crippen molar-refractivity contribution in [2.45, 2.75) is 57.0 Å². The van der Waals surface area contributed by atoms with Gasteiger partial charge in [0.15, 0.2) is 0 Å². The lowest BCUT2D eigenvalue weighted by Gasteiger charge is -2.48. The van der Waals surface area contributed by atoms with Gasteiger partial charge in [0.05, 0.1) is 13.2 Å². The van der Waals surface area contributed by atoms with Crippen molar-refractivity contribution in [2.24, 2.45) is 0 Å². The Morgan fingerprint density at radius 3 is 2.31 bits per heavy atom. The molecule has 0 bridgehead atoms. The molecule has 2 heteroatoms. The maximum Gasteiger partial charge on any atom is 0.0649 e. The summed E-state index contributed by atoms with van der Waals surface area (Å²) in [5, 5.41) is 3.78. The molecule has 1 saturated carbocycles. The van der Waals surface area contributed by atoms with Crippen molar-refractivity contribution in [3.8, 4) is 0 Å². The summed E-state index contributed by atoms with van der Waals surface area (Å²) in [6.45, 7) is 6.26. The van der Waals surface area contributed by atoms with E-state index in [1.165, 1.54) is 32.1 Å². The number of rotatable bonds is 0. The third-order valence-corrected chi connectivity index (χ3v) is 3.26. The van der Waals surface area contributed by atoms with Gasteiger partial charge in [0.25, 0.3) is 0 Å². The average Bonchev–Trinajstić information content (AvgIpc) is 2.03. The van der Waals surface area contributed by atoms with Crippen LogP contribution in [0.4, 0.5) is 0 Å². The van der Waals surface area contributed by atoms with E-state index < -0.39 is 0 Å². The Hall–Kier alpha value is -0.0800. The zero-order chi connectivity index (χ0) is 9.36. The second kappa shape index (κ2) is 3.25. The lowest BCUT2D eigenvalue weighted by Crippen LogP contribution is -2.64. The molecule has 0 aromatic carbocycles. The Balaban J connectivity index is 2.04. The highest BCUT2D eigenvalue weighted by atomic mass is 16.5. The van der Waals surface area contributed by atoms with Gasteiger partial charge in [-0.2, -0.15) is 0 Å². The van der Waals surface area contributed by atoms with E-state index in [0.717, 1.165) is 13.2 Å². The van der Waals surface area contributed by atoms with Gasteiger partial charge < -0.3 is 10.1 Å². The predicted octanol–water partition coefficient (Wildman–Crippen LogP) is 2.09. The van der Waals surface area contributed by atoms with Crippen LogP contribution in [-0.2, 0) is 4.74 Å². The van der Waals surface area contributed by atoms with Crippen LogP contribution in [0.5, 0.6) is 0 Å². The zero-order valence-electron chi connectivity index (χ0n) is 8.86. The van der Waals surface area contributed by atoms with Gasteiger partial charge in [-0.3, -0.25) is 0 Å². The molecule has 0 radical (unpaired) electrons. The minimum atomic E-state index is 0.176. The van der Waals surface area contributed by atoms with Crippen molar-refractivity contribution < 1.29 is 4.74 Å². The van der Waals surface area contributed by atoms with E-state index in [9.17, 15) is 0 Å². The highest BCUT2D eigenvalue weighted by Gasteiger charge is 2.40. The standard InChI is InChI=1S/C11H21NO/c1-10(2)8-13-9-11(12-10)6-4-3-5-7-11/h12H,3-9H2,1-2H3. The van der Waals surface area contributed by atoms with E-state index in [4.69, 9.17) is 4.74 Å². The molecule has 1 heterocycles. The monoisotopic (exact) mass is 183 g/mol. The van der Waals surface area contributed by atoms with E-state index in [2.05, 4.69) is 19.2 Å². The van der Waals surface area contributed by atoms with Crippen LogP contribution in [0.1, 0.15) is 46.0 Å². The molecule has 76 valence electrons. The molecule has 1 aliphatic heterocycles. The summed E-state index contributed by atoms with van der Waals surface area (Å²) in [6, 6.07) is 0. The summed E-state index contributed by atoms with van der Waals surface area (Å²) in [5.41, 5.74) is 0.496. The van der Waals surface area contributed by atoms with Crippen LogP contribution in [-0.4, -0.2) is 24.3 Å². The van der Waals surface area contributed by atoms with Crippen LogP contribution in [0.25, 0.3) is 0 Å². The maximum absolute atomic E-state index is 5.72. The van der Waals surface area contributed by atoms with Gasteiger partial charge >= 0.3 is 0 Å². The summed E-state index contributed by atoms with van der Waals surface area (Å²) >= 11 is 0. The average molecular weight is 183 g/mol. The quantitative estimate of drug-likeness (QED) is 0.621. The van der Waals surface area contributed by atoms with Crippen LogP contribution in [0, 0.1) is 0 Å². The molecule has 0 amide bonds. The van der Waals surface area contributed by atoms with Gasteiger partial charge in [0.1, 0.15) is 0 Å². The van der Waals surface area contributed by atoms with Gasteiger partial charge in [-0.15, -0.1) is 0 Å². The molecule has 1 aliphatic carbocycles. The van der Waals surface area contributed by atoms with Gasteiger partial charge in [-0.05, 0) is 26.7 Å². The first-order chi connectivity index (χ1) is 6.12. The maximum atomic E-state index is 5.72. The molecular weight excluding hydrogens is 162 g/mol. The summed E-state index contributed by atoms with van der Waals surface area (Å²) in [4.78, 5) is 0.